The molecular formula is C14H15ClN2O. The first-order valence-corrected chi connectivity index (χ1v) is 6.62. The average molecular weight is 263 g/mol. The molecule has 3 rings (SSSR count). The fourth-order valence-corrected chi connectivity index (χ4v) is 3.03. The molecule has 0 radical (unpaired) electrons. The first-order chi connectivity index (χ1) is 8.73. The summed E-state index contributed by atoms with van der Waals surface area (Å²) < 4.78 is 5.22. The average Bonchev–Trinajstić information content (AvgIpc) is 2.78. The van der Waals surface area contributed by atoms with E-state index in [9.17, 15) is 5.26 Å². The lowest BCUT2D eigenvalue weighted by Crippen LogP contribution is -2.54. The highest BCUT2D eigenvalue weighted by Gasteiger charge is 2.48. The third kappa shape index (κ3) is 1.91. The summed E-state index contributed by atoms with van der Waals surface area (Å²) in [6.45, 7) is 1.12. The fourth-order valence-electron chi connectivity index (χ4n) is 2.83. The van der Waals surface area contributed by atoms with Crippen LogP contribution in [0.5, 0.6) is 0 Å². The molecule has 1 aromatic carbocycles. The van der Waals surface area contributed by atoms with Gasteiger partial charge in [-0.15, -0.1) is 0 Å². The van der Waals surface area contributed by atoms with Gasteiger partial charge in [0.2, 0.25) is 0 Å². The maximum atomic E-state index is 9.31. The van der Waals surface area contributed by atoms with Crippen molar-refractivity contribution in [3.8, 4) is 6.07 Å². The molecule has 94 valence electrons. The highest BCUT2D eigenvalue weighted by atomic mass is 35.5. The summed E-state index contributed by atoms with van der Waals surface area (Å²) >= 11 is 6.02. The van der Waals surface area contributed by atoms with Crippen LogP contribution in [0.2, 0.25) is 5.02 Å². The summed E-state index contributed by atoms with van der Waals surface area (Å²) in [6.07, 6.45) is 2.07. The third-order valence-corrected chi connectivity index (χ3v) is 4.24. The van der Waals surface area contributed by atoms with Crippen molar-refractivity contribution in [2.75, 3.05) is 13.2 Å². The van der Waals surface area contributed by atoms with Gasteiger partial charge in [-0.25, -0.2) is 0 Å². The molecule has 0 unspecified atom stereocenters. The number of hydrogen-bond donors (Lipinski definition) is 1. The Bertz CT molecular complexity index is 493. The van der Waals surface area contributed by atoms with E-state index < -0.39 is 0 Å². The van der Waals surface area contributed by atoms with Gasteiger partial charge in [0.1, 0.15) is 5.41 Å². The van der Waals surface area contributed by atoms with Gasteiger partial charge >= 0.3 is 0 Å². The van der Waals surface area contributed by atoms with Gasteiger partial charge in [0.15, 0.2) is 0 Å². The van der Waals surface area contributed by atoms with E-state index in [-0.39, 0.29) is 11.5 Å². The number of ether oxygens (including phenoxy) is 1. The van der Waals surface area contributed by atoms with Gasteiger partial charge in [-0.2, -0.15) is 5.26 Å². The first-order valence-electron chi connectivity index (χ1n) is 6.24. The predicted octanol–water partition coefficient (Wildman–Crippen LogP) is 2.67. The Kier molecular flexibility index (Phi) is 3.03. The van der Waals surface area contributed by atoms with Crippen LogP contribution in [0.25, 0.3) is 0 Å². The second-order valence-corrected chi connectivity index (χ2v) is 5.60. The van der Waals surface area contributed by atoms with Crippen molar-refractivity contribution >= 4 is 11.6 Å². The van der Waals surface area contributed by atoms with Crippen LogP contribution in [-0.4, -0.2) is 19.3 Å². The quantitative estimate of drug-likeness (QED) is 0.891. The molecular weight excluding hydrogens is 248 g/mol. The van der Waals surface area contributed by atoms with Gasteiger partial charge in [-0.3, -0.25) is 0 Å². The second kappa shape index (κ2) is 4.55. The van der Waals surface area contributed by atoms with Crippen molar-refractivity contribution in [3.63, 3.8) is 0 Å². The number of hydrogen-bond acceptors (Lipinski definition) is 3. The second-order valence-electron chi connectivity index (χ2n) is 5.16. The van der Waals surface area contributed by atoms with Crippen LogP contribution in [0.4, 0.5) is 0 Å². The molecule has 2 aliphatic heterocycles. The van der Waals surface area contributed by atoms with E-state index in [2.05, 4.69) is 17.5 Å². The Hall–Kier alpha value is -1.08. The standard InChI is InChI=1S/C14H15ClN2O/c15-11-3-1-2-10(6-11)12-4-5-13(17-12)14(7-16)8-18-9-14/h1-3,6,12-13,17H,4-5,8-9H2/t12-,13+/m0/s1. The van der Waals surface area contributed by atoms with Crippen molar-refractivity contribution in [2.45, 2.75) is 24.9 Å². The van der Waals surface area contributed by atoms with Gasteiger partial charge in [0.25, 0.3) is 0 Å². The SMILES string of the molecule is N#CC1([C@H]2CC[C@@H](c3cccc(Cl)c3)N2)COC1. The maximum Gasteiger partial charge on any atom is 0.119 e. The zero-order valence-electron chi connectivity index (χ0n) is 10.0. The normalized spacial score (nSPS) is 29.6. The summed E-state index contributed by atoms with van der Waals surface area (Å²) in [5, 5.41) is 13.6. The number of nitriles is 1. The summed E-state index contributed by atoms with van der Waals surface area (Å²) in [7, 11) is 0. The molecule has 0 saturated carbocycles. The van der Waals surface area contributed by atoms with Crippen molar-refractivity contribution in [3.05, 3.63) is 34.9 Å². The van der Waals surface area contributed by atoms with E-state index >= 15 is 0 Å². The third-order valence-electron chi connectivity index (χ3n) is 4.01. The molecule has 1 N–H and O–H groups in total. The van der Waals surface area contributed by atoms with Crippen molar-refractivity contribution in [2.24, 2.45) is 5.41 Å². The Balaban J connectivity index is 1.74. The minimum absolute atomic E-state index is 0.236. The number of benzene rings is 1. The van der Waals surface area contributed by atoms with Crippen LogP contribution in [-0.2, 0) is 4.74 Å². The lowest BCUT2D eigenvalue weighted by molar-refractivity contribution is -0.0939. The Morgan fingerprint density at radius 1 is 1.39 bits per heavy atom. The number of rotatable bonds is 2. The van der Waals surface area contributed by atoms with Crippen LogP contribution in [0.3, 0.4) is 0 Å². The Morgan fingerprint density at radius 3 is 2.83 bits per heavy atom. The van der Waals surface area contributed by atoms with E-state index in [1.165, 1.54) is 5.56 Å². The van der Waals surface area contributed by atoms with Gasteiger partial charge in [0, 0.05) is 17.1 Å². The first kappa shape index (κ1) is 12.0. The highest BCUT2D eigenvalue weighted by Crippen LogP contribution is 2.39. The molecule has 18 heavy (non-hydrogen) atoms. The molecule has 2 aliphatic rings. The van der Waals surface area contributed by atoms with Crippen LogP contribution < -0.4 is 5.32 Å². The lowest BCUT2D eigenvalue weighted by atomic mass is 9.79. The molecule has 1 aromatic rings. The van der Waals surface area contributed by atoms with Crippen LogP contribution in [0, 0.1) is 16.7 Å². The van der Waals surface area contributed by atoms with Crippen molar-refractivity contribution in [1.82, 2.24) is 5.32 Å². The lowest BCUT2D eigenvalue weighted by Gasteiger charge is -2.40. The largest absolute Gasteiger partial charge is 0.378 e. The van der Waals surface area contributed by atoms with Crippen molar-refractivity contribution in [1.29, 1.82) is 5.26 Å². The zero-order valence-corrected chi connectivity index (χ0v) is 10.8. The maximum absolute atomic E-state index is 9.31. The van der Waals surface area contributed by atoms with Crippen LogP contribution in [0.1, 0.15) is 24.4 Å². The van der Waals surface area contributed by atoms with Gasteiger partial charge in [-0.05, 0) is 30.5 Å². The highest BCUT2D eigenvalue weighted by molar-refractivity contribution is 6.30. The molecule has 2 fully saturated rings. The summed E-state index contributed by atoms with van der Waals surface area (Å²) in [5.41, 5.74) is 0.895. The van der Waals surface area contributed by atoms with Gasteiger partial charge in [0.05, 0.1) is 19.3 Å². The Labute approximate surface area is 112 Å². The number of halogens is 1. The number of nitrogens with zero attached hydrogens (tertiary/aromatic N) is 1. The molecule has 0 bridgehead atoms. The molecule has 3 nitrogen and oxygen atoms in total. The van der Waals surface area contributed by atoms with E-state index in [4.69, 9.17) is 16.3 Å². The summed E-state index contributed by atoms with van der Waals surface area (Å²) in [4.78, 5) is 0. The molecule has 0 aromatic heterocycles. The molecule has 2 saturated heterocycles. The summed E-state index contributed by atoms with van der Waals surface area (Å²) in [5.74, 6) is 0. The monoisotopic (exact) mass is 262 g/mol. The van der Waals surface area contributed by atoms with E-state index in [0.29, 0.717) is 19.3 Å². The smallest absolute Gasteiger partial charge is 0.119 e. The van der Waals surface area contributed by atoms with Crippen LogP contribution >= 0.6 is 11.6 Å². The molecule has 0 amide bonds. The minimum Gasteiger partial charge on any atom is -0.378 e. The molecule has 2 heterocycles. The zero-order chi connectivity index (χ0) is 12.6. The molecule has 4 heteroatoms. The minimum atomic E-state index is -0.312. The van der Waals surface area contributed by atoms with Gasteiger partial charge in [-0.1, -0.05) is 23.7 Å². The van der Waals surface area contributed by atoms with Crippen LogP contribution in [0.15, 0.2) is 24.3 Å². The summed E-state index contributed by atoms with van der Waals surface area (Å²) in [6, 6.07) is 10.9. The predicted molar refractivity (Wildman–Crippen MR) is 69.2 cm³/mol. The van der Waals surface area contributed by atoms with E-state index in [1.54, 1.807) is 0 Å². The topological polar surface area (TPSA) is 45.0 Å². The molecule has 0 spiro atoms. The molecule has 2 atom stereocenters. The molecule has 0 aliphatic carbocycles. The number of nitrogens with one attached hydrogen (secondary N) is 1. The van der Waals surface area contributed by atoms with Crippen molar-refractivity contribution < 1.29 is 4.74 Å². The fraction of sp³-hybridized carbons (Fsp3) is 0.500. The Morgan fingerprint density at radius 2 is 2.22 bits per heavy atom. The van der Waals surface area contributed by atoms with Gasteiger partial charge < -0.3 is 10.1 Å². The van der Waals surface area contributed by atoms with E-state index in [0.717, 1.165) is 17.9 Å². The van der Waals surface area contributed by atoms with E-state index in [1.807, 2.05) is 18.2 Å².